The van der Waals surface area contributed by atoms with Gasteiger partial charge in [-0.15, -0.1) is 11.3 Å². The minimum atomic E-state index is -1.06. The maximum Gasteiger partial charge on any atom is 0.417 e. The van der Waals surface area contributed by atoms with Crippen molar-refractivity contribution in [1.29, 1.82) is 0 Å². The third kappa shape index (κ3) is 11.3. The van der Waals surface area contributed by atoms with Crippen molar-refractivity contribution in [2.75, 3.05) is 33.2 Å². The van der Waals surface area contributed by atoms with E-state index in [4.69, 9.17) is 4.74 Å². The molecule has 4 atom stereocenters. The topological polar surface area (TPSA) is 127 Å². The molecule has 0 radical (unpaired) electrons. The second-order valence-corrected chi connectivity index (χ2v) is 15.4. The van der Waals surface area contributed by atoms with Gasteiger partial charge in [-0.2, -0.15) is 0 Å². The third-order valence-corrected chi connectivity index (χ3v) is 9.35. The van der Waals surface area contributed by atoms with E-state index in [0.717, 1.165) is 16.1 Å². The van der Waals surface area contributed by atoms with E-state index in [1.165, 1.54) is 35.4 Å². The van der Waals surface area contributed by atoms with Gasteiger partial charge in [0.1, 0.15) is 17.9 Å². The number of aliphatic hydroxyl groups is 1. The van der Waals surface area contributed by atoms with Crippen molar-refractivity contribution < 1.29 is 28.6 Å². The molecule has 1 aliphatic rings. The fourth-order valence-corrected chi connectivity index (χ4v) is 6.68. The van der Waals surface area contributed by atoms with Crippen LogP contribution in [0.5, 0.6) is 5.88 Å². The minimum Gasteiger partial charge on any atom is -0.390 e. The highest BCUT2D eigenvalue weighted by Crippen LogP contribution is 2.20. The molecule has 2 aromatic carbocycles. The van der Waals surface area contributed by atoms with Crippen LogP contribution in [-0.2, 0) is 22.6 Å². The van der Waals surface area contributed by atoms with E-state index in [-0.39, 0.29) is 30.1 Å². The van der Waals surface area contributed by atoms with Crippen LogP contribution in [0.3, 0.4) is 0 Å². The van der Waals surface area contributed by atoms with Gasteiger partial charge in [-0.05, 0) is 63.3 Å². The summed E-state index contributed by atoms with van der Waals surface area (Å²) in [5.74, 6) is -0.997. The van der Waals surface area contributed by atoms with E-state index in [9.17, 15) is 23.9 Å². The van der Waals surface area contributed by atoms with Crippen molar-refractivity contribution in [3.63, 3.8) is 0 Å². The smallest absolute Gasteiger partial charge is 0.390 e. The first-order valence-corrected chi connectivity index (χ1v) is 17.9. The quantitative estimate of drug-likeness (QED) is 0.241. The van der Waals surface area contributed by atoms with Crippen LogP contribution in [-0.4, -0.2) is 106 Å². The third-order valence-electron chi connectivity index (χ3n) is 8.60. The van der Waals surface area contributed by atoms with Crippen LogP contribution in [0.4, 0.5) is 9.18 Å². The molecule has 3 N–H and O–H groups in total. The summed E-state index contributed by atoms with van der Waals surface area (Å²) in [7, 11) is 1.51. The SMILES string of the molecule is Cc1nc(OC(=O)N(C)[C@H](C(=O)N[C@@H](Cc2ccccc2)[C@H](O)CN2CCN(Cc3ccc(F)cc3)C[C@H]2C(=O)NC(C)(C)C)C(C)C)cs1. The Bertz CT molecular complexity index is 1560. The highest BCUT2D eigenvalue weighted by Gasteiger charge is 2.38. The first kappa shape index (κ1) is 38.9. The number of aliphatic hydroxyl groups excluding tert-OH is 1. The number of benzene rings is 2. The van der Waals surface area contributed by atoms with E-state index in [1.54, 1.807) is 24.4 Å². The molecule has 3 amide bonds. The van der Waals surface area contributed by atoms with Crippen molar-refractivity contribution in [1.82, 2.24) is 30.3 Å². The number of β-amino-alcohol motifs (C(OH)–C–C–N with tert-alkyl or cyclic N) is 1. The Kier molecular flexibility index (Phi) is 13.5. The number of aryl methyl sites for hydroxylation is 1. The largest absolute Gasteiger partial charge is 0.417 e. The summed E-state index contributed by atoms with van der Waals surface area (Å²) in [6.07, 6.45) is -1.44. The Morgan fingerprint density at radius 3 is 2.36 bits per heavy atom. The Labute approximate surface area is 298 Å². The van der Waals surface area contributed by atoms with Crippen LogP contribution in [0.25, 0.3) is 0 Å². The molecule has 1 aromatic heterocycles. The predicted molar refractivity (Wildman–Crippen MR) is 192 cm³/mol. The normalized spacial score (nSPS) is 17.5. The second kappa shape index (κ2) is 17.3. The molecule has 0 aliphatic carbocycles. The summed E-state index contributed by atoms with van der Waals surface area (Å²) in [5.41, 5.74) is 1.38. The first-order valence-electron chi connectivity index (χ1n) is 17.0. The van der Waals surface area contributed by atoms with Gasteiger partial charge in [0.05, 0.1) is 22.5 Å². The number of hydrogen-bond donors (Lipinski definition) is 3. The van der Waals surface area contributed by atoms with Crippen molar-refractivity contribution >= 4 is 29.2 Å². The van der Waals surface area contributed by atoms with Gasteiger partial charge in [-0.3, -0.25) is 24.3 Å². The number of halogens is 1. The molecule has 1 aliphatic heterocycles. The molecule has 4 rings (SSSR count). The summed E-state index contributed by atoms with van der Waals surface area (Å²) in [5, 5.41) is 20.4. The molecule has 0 spiro atoms. The number of amides is 3. The van der Waals surface area contributed by atoms with Crippen molar-refractivity contribution in [2.45, 2.75) is 84.3 Å². The zero-order valence-electron chi connectivity index (χ0n) is 30.1. The van der Waals surface area contributed by atoms with E-state index in [0.29, 0.717) is 32.6 Å². The molecule has 272 valence electrons. The van der Waals surface area contributed by atoms with Gasteiger partial charge < -0.3 is 20.5 Å². The van der Waals surface area contributed by atoms with Crippen molar-refractivity contribution in [2.24, 2.45) is 5.92 Å². The van der Waals surface area contributed by atoms with Crippen LogP contribution >= 0.6 is 11.3 Å². The van der Waals surface area contributed by atoms with E-state index >= 15 is 0 Å². The summed E-state index contributed by atoms with van der Waals surface area (Å²) in [6, 6.07) is 13.7. The number of thiazole rings is 1. The number of carbonyl (C=O) groups is 3. The standard InChI is InChI=1S/C37H51FN6O5S/c1-24(2)33(42(7)36(48)49-32-23-50-25(3)39-32)35(47)40-29(19-26-11-9-8-10-12-26)31(45)22-44-18-17-43(20-27-13-15-28(38)16-14-27)21-30(44)34(46)41-37(4,5)6/h8-16,23-24,29-31,33,45H,17-22H2,1-7H3,(H,40,47)(H,41,46)/t29-,30-,31+,33-/m0/s1. The zero-order valence-corrected chi connectivity index (χ0v) is 30.9. The summed E-state index contributed by atoms with van der Waals surface area (Å²) in [4.78, 5) is 50.3. The van der Waals surface area contributed by atoms with Gasteiger partial charge in [-0.25, -0.2) is 14.2 Å². The predicted octanol–water partition coefficient (Wildman–Crippen LogP) is 4.24. The molecule has 13 heteroatoms. The van der Waals surface area contributed by atoms with Crippen LogP contribution in [0.1, 0.15) is 50.8 Å². The molecule has 1 fully saturated rings. The highest BCUT2D eigenvalue weighted by molar-refractivity contribution is 7.09. The molecular weight excluding hydrogens is 660 g/mol. The monoisotopic (exact) mass is 710 g/mol. The Hall–Kier alpha value is -3.91. The molecular formula is C37H51FN6O5S. The molecule has 11 nitrogen and oxygen atoms in total. The Balaban J connectivity index is 1.53. The maximum absolute atomic E-state index is 14.0. The molecule has 0 saturated carbocycles. The fourth-order valence-electron chi connectivity index (χ4n) is 6.17. The van der Waals surface area contributed by atoms with Gasteiger partial charge in [0.25, 0.3) is 0 Å². The molecule has 2 heterocycles. The van der Waals surface area contributed by atoms with Gasteiger partial charge in [0.2, 0.25) is 17.7 Å². The average molecular weight is 711 g/mol. The van der Waals surface area contributed by atoms with Gasteiger partial charge in [0, 0.05) is 45.3 Å². The van der Waals surface area contributed by atoms with Crippen molar-refractivity contribution in [3.8, 4) is 5.88 Å². The number of ether oxygens (including phenoxy) is 1. The summed E-state index contributed by atoms with van der Waals surface area (Å²) in [6.45, 7) is 13.4. The molecule has 3 aromatic rings. The lowest BCUT2D eigenvalue weighted by Gasteiger charge is -2.43. The minimum absolute atomic E-state index is 0.123. The average Bonchev–Trinajstić information content (AvgIpc) is 3.46. The number of hydrogen-bond acceptors (Lipinski definition) is 9. The number of rotatable bonds is 13. The van der Waals surface area contributed by atoms with E-state index in [1.807, 2.05) is 69.9 Å². The van der Waals surface area contributed by atoms with Crippen LogP contribution in [0.2, 0.25) is 0 Å². The lowest BCUT2D eigenvalue weighted by atomic mass is 9.97. The fraction of sp³-hybridized carbons (Fsp3) is 0.514. The molecule has 0 bridgehead atoms. The van der Waals surface area contributed by atoms with Gasteiger partial charge >= 0.3 is 6.09 Å². The number of aromatic nitrogens is 1. The summed E-state index contributed by atoms with van der Waals surface area (Å²) >= 11 is 1.35. The molecule has 50 heavy (non-hydrogen) atoms. The number of piperazine rings is 1. The number of nitrogens with one attached hydrogen (secondary N) is 2. The maximum atomic E-state index is 14.0. The number of carbonyl (C=O) groups excluding carboxylic acids is 3. The van der Waals surface area contributed by atoms with Gasteiger partial charge in [0.15, 0.2) is 0 Å². The zero-order chi connectivity index (χ0) is 36.6. The van der Waals surface area contributed by atoms with Crippen LogP contribution < -0.4 is 15.4 Å². The van der Waals surface area contributed by atoms with Crippen LogP contribution in [0.15, 0.2) is 60.0 Å². The lowest BCUT2D eigenvalue weighted by Crippen LogP contribution is -2.63. The first-order chi connectivity index (χ1) is 23.6. The van der Waals surface area contributed by atoms with Crippen LogP contribution in [0, 0.1) is 18.7 Å². The van der Waals surface area contributed by atoms with E-state index < -0.39 is 41.8 Å². The Morgan fingerprint density at radius 2 is 1.76 bits per heavy atom. The Morgan fingerprint density at radius 1 is 1.08 bits per heavy atom. The highest BCUT2D eigenvalue weighted by atomic mass is 32.1. The summed E-state index contributed by atoms with van der Waals surface area (Å²) < 4.78 is 19.0. The lowest BCUT2D eigenvalue weighted by molar-refractivity contribution is -0.132. The second-order valence-electron chi connectivity index (χ2n) is 14.4. The molecule has 1 saturated heterocycles. The number of likely N-dealkylation sites (N-methyl/N-ethyl adjacent to an activating group) is 1. The number of nitrogens with zero attached hydrogens (tertiary/aromatic N) is 4. The molecule has 0 unspecified atom stereocenters. The van der Waals surface area contributed by atoms with Gasteiger partial charge in [-0.1, -0.05) is 56.3 Å². The van der Waals surface area contributed by atoms with Crippen molar-refractivity contribution in [3.05, 3.63) is 81.9 Å². The van der Waals surface area contributed by atoms with E-state index in [2.05, 4.69) is 20.5 Å².